The number of esters is 1. The van der Waals surface area contributed by atoms with E-state index in [1.807, 2.05) is 18.2 Å². The molecule has 104 valence electrons. The van der Waals surface area contributed by atoms with Crippen LogP contribution in [0.4, 0.5) is 5.69 Å². The predicted octanol–water partition coefficient (Wildman–Crippen LogP) is 3.71. The first kappa shape index (κ1) is 13.9. The molecule has 0 radical (unpaired) electrons. The fourth-order valence-corrected chi connectivity index (χ4v) is 3.15. The minimum Gasteiger partial charge on any atom is -0.465 e. The van der Waals surface area contributed by atoms with Gasteiger partial charge in [-0.3, -0.25) is 0 Å². The van der Waals surface area contributed by atoms with Gasteiger partial charge in [0, 0.05) is 11.7 Å². The molecular formula is C16H23NO2. The molecule has 19 heavy (non-hydrogen) atoms. The van der Waals surface area contributed by atoms with Crippen molar-refractivity contribution in [3.05, 3.63) is 29.8 Å². The number of hydrogen-bond acceptors (Lipinski definition) is 3. The molecule has 3 nitrogen and oxygen atoms in total. The van der Waals surface area contributed by atoms with Crippen molar-refractivity contribution >= 4 is 11.7 Å². The van der Waals surface area contributed by atoms with Gasteiger partial charge in [0.25, 0.3) is 0 Å². The standard InChI is InChI=1S/C16H23NO2/c1-11-7-12(2)9-15(8-11)17-14-6-4-5-13(10-14)16(18)19-3/h4-6,10-12,15,17H,7-9H2,1-3H3. The van der Waals surface area contributed by atoms with Crippen molar-refractivity contribution < 1.29 is 9.53 Å². The highest BCUT2D eigenvalue weighted by atomic mass is 16.5. The smallest absolute Gasteiger partial charge is 0.337 e. The third kappa shape index (κ3) is 3.72. The molecule has 2 unspecified atom stereocenters. The van der Waals surface area contributed by atoms with Crippen molar-refractivity contribution in [2.24, 2.45) is 11.8 Å². The number of methoxy groups -OCH3 is 1. The average Bonchev–Trinajstić information content (AvgIpc) is 2.37. The lowest BCUT2D eigenvalue weighted by Gasteiger charge is -2.32. The molecule has 0 saturated heterocycles. The second-order valence-corrected chi connectivity index (χ2v) is 5.83. The summed E-state index contributed by atoms with van der Waals surface area (Å²) >= 11 is 0. The van der Waals surface area contributed by atoms with E-state index in [0.717, 1.165) is 17.5 Å². The third-order valence-electron chi connectivity index (χ3n) is 3.83. The van der Waals surface area contributed by atoms with Gasteiger partial charge in [-0.2, -0.15) is 0 Å². The molecule has 0 heterocycles. The van der Waals surface area contributed by atoms with Crippen molar-refractivity contribution in [2.75, 3.05) is 12.4 Å². The van der Waals surface area contributed by atoms with Crippen LogP contribution in [-0.2, 0) is 4.74 Å². The molecule has 2 atom stereocenters. The quantitative estimate of drug-likeness (QED) is 0.843. The molecule has 1 aliphatic carbocycles. The van der Waals surface area contributed by atoms with E-state index in [-0.39, 0.29) is 5.97 Å². The summed E-state index contributed by atoms with van der Waals surface area (Å²) < 4.78 is 4.75. The molecule has 0 aliphatic heterocycles. The number of rotatable bonds is 3. The summed E-state index contributed by atoms with van der Waals surface area (Å²) in [6.07, 6.45) is 3.72. The summed E-state index contributed by atoms with van der Waals surface area (Å²) in [5, 5.41) is 3.55. The molecule has 1 aromatic rings. The fourth-order valence-electron chi connectivity index (χ4n) is 3.15. The van der Waals surface area contributed by atoms with Crippen molar-refractivity contribution in [3.63, 3.8) is 0 Å². The lowest BCUT2D eigenvalue weighted by molar-refractivity contribution is 0.0601. The summed E-state index contributed by atoms with van der Waals surface area (Å²) in [6, 6.07) is 8.06. The minimum atomic E-state index is -0.283. The van der Waals surface area contributed by atoms with Crippen LogP contribution in [0.2, 0.25) is 0 Å². The summed E-state index contributed by atoms with van der Waals surface area (Å²) in [7, 11) is 1.41. The van der Waals surface area contributed by atoms with Crippen LogP contribution >= 0.6 is 0 Å². The first-order valence-electron chi connectivity index (χ1n) is 7.03. The lowest BCUT2D eigenvalue weighted by atomic mass is 9.80. The molecular weight excluding hydrogens is 238 g/mol. The Bertz CT molecular complexity index is 434. The number of carbonyl (C=O) groups is 1. The van der Waals surface area contributed by atoms with Gasteiger partial charge in [0.15, 0.2) is 0 Å². The number of nitrogens with one attached hydrogen (secondary N) is 1. The van der Waals surface area contributed by atoms with Crippen LogP contribution in [0, 0.1) is 11.8 Å². The lowest BCUT2D eigenvalue weighted by Crippen LogP contribution is -2.30. The van der Waals surface area contributed by atoms with Crippen LogP contribution in [0.1, 0.15) is 43.5 Å². The van der Waals surface area contributed by atoms with E-state index in [4.69, 9.17) is 4.74 Å². The second-order valence-electron chi connectivity index (χ2n) is 5.83. The Kier molecular flexibility index (Phi) is 4.46. The maximum Gasteiger partial charge on any atom is 0.337 e. The predicted molar refractivity (Wildman–Crippen MR) is 77.4 cm³/mol. The Balaban J connectivity index is 2.04. The topological polar surface area (TPSA) is 38.3 Å². The molecule has 0 spiro atoms. The summed E-state index contributed by atoms with van der Waals surface area (Å²) in [4.78, 5) is 11.5. The van der Waals surface area contributed by atoms with Crippen LogP contribution in [0.15, 0.2) is 24.3 Å². The van der Waals surface area contributed by atoms with E-state index in [1.165, 1.54) is 26.4 Å². The van der Waals surface area contributed by atoms with E-state index in [9.17, 15) is 4.79 Å². The number of carbonyl (C=O) groups excluding carboxylic acids is 1. The molecule has 1 saturated carbocycles. The number of hydrogen-bond donors (Lipinski definition) is 1. The average molecular weight is 261 g/mol. The van der Waals surface area contributed by atoms with Crippen LogP contribution < -0.4 is 5.32 Å². The SMILES string of the molecule is COC(=O)c1cccc(NC2CC(C)CC(C)C2)c1. The Hall–Kier alpha value is -1.51. The Morgan fingerprint density at radius 3 is 2.53 bits per heavy atom. The van der Waals surface area contributed by atoms with Gasteiger partial charge in [-0.25, -0.2) is 4.79 Å². The number of ether oxygens (including phenoxy) is 1. The maximum atomic E-state index is 11.5. The zero-order valence-electron chi connectivity index (χ0n) is 12.0. The van der Waals surface area contributed by atoms with Crippen molar-refractivity contribution in [3.8, 4) is 0 Å². The Morgan fingerprint density at radius 2 is 1.89 bits per heavy atom. The highest BCUT2D eigenvalue weighted by Crippen LogP contribution is 2.30. The van der Waals surface area contributed by atoms with Gasteiger partial charge < -0.3 is 10.1 Å². The summed E-state index contributed by atoms with van der Waals surface area (Å²) in [5.41, 5.74) is 1.61. The normalized spacial score (nSPS) is 26.8. The van der Waals surface area contributed by atoms with Crippen LogP contribution in [0.5, 0.6) is 0 Å². The Labute approximate surface area is 115 Å². The van der Waals surface area contributed by atoms with Gasteiger partial charge >= 0.3 is 5.97 Å². The number of anilines is 1. The highest BCUT2D eigenvalue weighted by Gasteiger charge is 2.23. The molecule has 1 fully saturated rings. The van der Waals surface area contributed by atoms with E-state index in [2.05, 4.69) is 19.2 Å². The third-order valence-corrected chi connectivity index (χ3v) is 3.83. The molecule has 0 aromatic heterocycles. The highest BCUT2D eigenvalue weighted by molar-refractivity contribution is 5.90. The van der Waals surface area contributed by atoms with Gasteiger partial charge in [0.1, 0.15) is 0 Å². The first-order chi connectivity index (χ1) is 9.08. The van der Waals surface area contributed by atoms with Crippen molar-refractivity contribution in [2.45, 2.75) is 39.2 Å². The van der Waals surface area contributed by atoms with Gasteiger partial charge in [0.2, 0.25) is 0 Å². The van der Waals surface area contributed by atoms with Crippen molar-refractivity contribution in [1.82, 2.24) is 0 Å². The zero-order valence-corrected chi connectivity index (χ0v) is 12.0. The zero-order chi connectivity index (χ0) is 13.8. The molecule has 1 aliphatic rings. The van der Waals surface area contributed by atoms with E-state index >= 15 is 0 Å². The number of benzene rings is 1. The summed E-state index contributed by atoms with van der Waals surface area (Å²) in [6.45, 7) is 4.63. The van der Waals surface area contributed by atoms with Crippen molar-refractivity contribution in [1.29, 1.82) is 0 Å². The van der Waals surface area contributed by atoms with Gasteiger partial charge in [-0.1, -0.05) is 19.9 Å². The van der Waals surface area contributed by atoms with Gasteiger partial charge in [-0.05, 0) is 49.3 Å². The largest absolute Gasteiger partial charge is 0.465 e. The van der Waals surface area contributed by atoms with Gasteiger partial charge in [-0.15, -0.1) is 0 Å². The molecule has 2 rings (SSSR count). The monoisotopic (exact) mass is 261 g/mol. The molecule has 0 amide bonds. The summed E-state index contributed by atoms with van der Waals surface area (Å²) in [5.74, 6) is 1.25. The maximum absolute atomic E-state index is 11.5. The molecule has 0 bridgehead atoms. The van der Waals surface area contributed by atoms with E-state index < -0.39 is 0 Å². The van der Waals surface area contributed by atoms with E-state index in [1.54, 1.807) is 6.07 Å². The van der Waals surface area contributed by atoms with Crippen LogP contribution in [0.25, 0.3) is 0 Å². The Morgan fingerprint density at radius 1 is 1.21 bits per heavy atom. The second kappa shape index (κ2) is 6.09. The van der Waals surface area contributed by atoms with Gasteiger partial charge in [0.05, 0.1) is 12.7 Å². The van der Waals surface area contributed by atoms with Crippen LogP contribution in [-0.4, -0.2) is 19.1 Å². The molecule has 1 N–H and O–H groups in total. The molecule has 3 heteroatoms. The van der Waals surface area contributed by atoms with E-state index in [0.29, 0.717) is 11.6 Å². The van der Waals surface area contributed by atoms with Crippen LogP contribution in [0.3, 0.4) is 0 Å². The minimum absolute atomic E-state index is 0.283. The fraction of sp³-hybridized carbons (Fsp3) is 0.562. The first-order valence-corrected chi connectivity index (χ1v) is 7.03. The molecule has 1 aromatic carbocycles.